The SMILES string of the molecule is COCCCCCNC(=O)COC1CCNCC1. The van der Waals surface area contributed by atoms with Gasteiger partial charge in [0, 0.05) is 20.3 Å². The van der Waals surface area contributed by atoms with Gasteiger partial charge in [-0.05, 0) is 45.2 Å². The van der Waals surface area contributed by atoms with E-state index >= 15 is 0 Å². The molecule has 2 N–H and O–H groups in total. The molecule has 1 saturated heterocycles. The molecule has 0 bridgehead atoms. The fourth-order valence-corrected chi connectivity index (χ4v) is 1.98. The predicted octanol–water partition coefficient (Wildman–Crippen LogP) is 0.688. The number of methoxy groups -OCH3 is 1. The van der Waals surface area contributed by atoms with Crippen LogP contribution in [0.2, 0.25) is 0 Å². The van der Waals surface area contributed by atoms with Crippen LogP contribution in [0, 0.1) is 0 Å². The van der Waals surface area contributed by atoms with Crippen LogP contribution < -0.4 is 10.6 Å². The summed E-state index contributed by atoms with van der Waals surface area (Å²) in [6.45, 7) is 3.71. The van der Waals surface area contributed by atoms with Crippen LogP contribution in [0.1, 0.15) is 32.1 Å². The molecule has 1 aliphatic heterocycles. The molecule has 1 fully saturated rings. The Morgan fingerprint density at radius 2 is 2.06 bits per heavy atom. The molecule has 106 valence electrons. The van der Waals surface area contributed by atoms with Crippen molar-refractivity contribution in [3.63, 3.8) is 0 Å². The van der Waals surface area contributed by atoms with Gasteiger partial charge in [0.05, 0.1) is 6.10 Å². The molecule has 1 aliphatic rings. The quantitative estimate of drug-likeness (QED) is 0.597. The van der Waals surface area contributed by atoms with Gasteiger partial charge in [0.25, 0.3) is 0 Å². The molecule has 0 spiro atoms. The van der Waals surface area contributed by atoms with Gasteiger partial charge in [-0.2, -0.15) is 0 Å². The summed E-state index contributed by atoms with van der Waals surface area (Å²) in [5.41, 5.74) is 0. The van der Waals surface area contributed by atoms with Crippen molar-refractivity contribution >= 4 is 5.91 Å². The Bertz CT molecular complexity index is 218. The third-order valence-corrected chi connectivity index (χ3v) is 3.08. The van der Waals surface area contributed by atoms with Gasteiger partial charge in [0.1, 0.15) is 6.61 Å². The van der Waals surface area contributed by atoms with Crippen molar-refractivity contribution in [2.75, 3.05) is 40.0 Å². The third kappa shape index (κ3) is 7.63. The lowest BCUT2D eigenvalue weighted by Gasteiger charge is -2.22. The molecule has 0 aliphatic carbocycles. The fourth-order valence-electron chi connectivity index (χ4n) is 1.98. The number of hydrogen-bond donors (Lipinski definition) is 2. The minimum absolute atomic E-state index is 0.000254. The lowest BCUT2D eigenvalue weighted by molar-refractivity contribution is -0.128. The first-order chi connectivity index (χ1) is 8.83. The number of nitrogens with one attached hydrogen (secondary N) is 2. The summed E-state index contributed by atoms with van der Waals surface area (Å²) in [4.78, 5) is 11.5. The second kappa shape index (κ2) is 10.3. The molecule has 0 aromatic heterocycles. The van der Waals surface area contributed by atoms with E-state index in [2.05, 4.69) is 10.6 Å². The molecule has 5 heteroatoms. The Hall–Kier alpha value is -0.650. The first-order valence-corrected chi connectivity index (χ1v) is 6.91. The standard InChI is InChI=1S/C13H26N2O3/c1-17-10-4-2-3-7-15-13(16)11-18-12-5-8-14-9-6-12/h12,14H,2-11H2,1H3,(H,15,16). The molecule has 1 amide bonds. The molecule has 18 heavy (non-hydrogen) atoms. The zero-order valence-electron chi connectivity index (χ0n) is 11.4. The van der Waals surface area contributed by atoms with Crippen LogP contribution in [-0.2, 0) is 14.3 Å². The monoisotopic (exact) mass is 258 g/mol. The maximum atomic E-state index is 11.5. The van der Waals surface area contributed by atoms with Crippen LogP contribution in [0.25, 0.3) is 0 Å². The van der Waals surface area contributed by atoms with Crippen LogP contribution in [0.3, 0.4) is 0 Å². The third-order valence-electron chi connectivity index (χ3n) is 3.08. The largest absolute Gasteiger partial charge is 0.385 e. The molecule has 5 nitrogen and oxygen atoms in total. The van der Waals surface area contributed by atoms with E-state index in [1.807, 2.05) is 0 Å². The summed E-state index contributed by atoms with van der Waals surface area (Å²) in [7, 11) is 1.71. The van der Waals surface area contributed by atoms with Crippen molar-refractivity contribution in [1.29, 1.82) is 0 Å². The minimum Gasteiger partial charge on any atom is -0.385 e. The summed E-state index contributed by atoms with van der Waals surface area (Å²) in [5.74, 6) is 0.000254. The second-order valence-electron chi connectivity index (χ2n) is 4.66. The van der Waals surface area contributed by atoms with Gasteiger partial charge in [0.15, 0.2) is 0 Å². The first-order valence-electron chi connectivity index (χ1n) is 6.91. The molecule has 0 atom stereocenters. The number of ether oxygens (including phenoxy) is 2. The maximum Gasteiger partial charge on any atom is 0.246 e. The van der Waals surface area contributed by atoms with Crippen molar-refractivity contribution in [3.8, 4) is 0 Å². The average molecular weight is 258 g/mol. The number of carbonyl (C=O) groups is 1. The van der Waals surface area contributed by atoms with E-state index in [4.69, 9.17) is 9.47 Å². The summed E-state index contributed by atoms with van der Waals surface area (Å²) >= 11 is 0. The Balaban J connectivity index is 1.90. The van der Waals surface area contributed by atoms with Gasteiger partial charge in [-0.3, -0.25) is 4.79 Å². The highest BCUT2D eigenvalue weighted by Crippen LogP contribution is 2.06. The lowest BCUT2D eigenvalue weighted by atomic mass is 10.1. The summed E-state index contributed by atoms with van der Waals surface area (Å²) < 4.78 is 10.5. The number of rotatable bonds is 9. The molecule has 0 radical (unpaired) electrons. The molecule has 0 aromatic carbocycles. The van der Waals surface area contributed by atoms with Gasteiger partial charge < -0.3 is 20.1 Å². The summed E-state index contributed by atoms with van der Waals surface area (Å²) in [6.07, 6.45) is 5.40. The van der Waals surface area contributed by atoms with E-state index < -0.39 is 0 Å². The molecule has 1 heterocycles. The van der Waals surface area contributed by atoms with Gasteiger partial charge in [0.2, 0.25) is 5.91 Å². The number of amides is 1. The Morgan fingerprint density at radius 3 is 2.78 bits per heavy atom. The second-order valence-corrected chi connectivity index (χ2v) is 4.66. The van der Waals surface area contributed by atoms with Crippen molar-refractivity contribution < 1.29 is 14.3 Å². The van der Waals surface area contributed by atoms with Crippen molar-refractivity contribution in [1.82, 2.24) is 10.6 Å². The summed E-state index contributed by atoms with van der Waals surface area (Å²) in [6, 6.07) is 0. The molecular weight excluding hydrogens is 232 g/mol. The van der Waals surface area contributed by atoms with Crippen molar-refractivity contribution in [2.45, 2.75) is 38.2 Å². The highest BCUT2D eigenvalue weighted by Gasteiger charge is 2.14. The molecular formula is C13H26N2O3. The number of carbonyl (C=O) groups excluding carboxylic acids is 1. The van der Waals surface area contributed by atoms with Crippen LogP contribution in [0.15, 0.2) is 0 Å². The molecule has 0 aromatic rings. The molecule has 0 unspecified atom stereocenters. The predicted molar refractivity (Wildman–Crippen MR) is 70.6 cm³/mol. The van der Waals surface area contributed by atoms with E-state index in [1.165, 1.54) is 0 Å². The van der Waals surface area contributed by atoms with Gasteiger partial charge in [-0.1, -0.05) is 0 Å². The first kappa shape index (κ1) is 15.4. The highest BCUT2D eigenvalue weighted by molar-refractivity contribution is 5.77. The van der Waals surface area contributed by atoms with E-state index in [-0.39, 0.29) is 18.6 Å². The van der Waals surface area contributed by atoms with Crippen LogP contribution in [0.5, 0.6) is 0 Å². The minimum atomic E-state index is 0.000254. The fraction of sp³-hybridized carbons (Fsp3) is 0.923. The lowest BCUT2D eigenvalue weighted by Crippen LogP contribution is -2.36. The number of piperidine rings is 1. The normalized spacial score (nSPS) is 16.7. The topological polar surface area (TPSA) is 59.6 Å². The number of unbranched alkanes of at least 4 members (excludes halogenated alkanes) is 2. The van der Waals surface area contributed by atoms with Crippen LogP contribution >= 0.6 is 0 Å². The van der Waals surface area contributed by atoms with Gasteiger partial charge in [-0.15, -0.1) is 0 Å². The van der Waals surface area contributed by atoms with Gasteiger partial charge >= 0.3 is 0 Å². The van der Waals surface area contributed by atoms with Gasteiger partial charge in [-0.25, -0.2) is 0 Å². The van der Waals surface area contributed by atoms with E-state index in [9.17, 15) is 4.79 Å². The maximum absolute atomic E-state index is 11.5. The van der Waals surface area contributed by atoms with E-state index in [0.717, 1.165) is 58.3 Å². The van der Waals surface area contributed by atoms with E-state index in [1.54, 1.807) is 7.11 Å². The van der Waals surface area contributed by atoms with Crippen LogP contribution in [-0.4, -0.2) is 52.0 Å². The average Bonchev–Trinajstić information content (AvgIpc) is 2.41. The smallest absolute Gasteiger partial charge is 0.246 e. The zero-order valence-corrected chi connectivity index (χ0v) is 11.4. The molecule has 1 rings (SSSR count). The Kier molecular flexibility index (Phi) is 8.81. The van der Waals surface area contributed by atoms with Crippen molar-refractivity contribution in [3.05, 3.63) is 0 Å². The van der Waals surface area contributed by atoms with E-state index in [0.29, 0.717) is 0 Å². The van der Waals surface area contributed by atoms with Crippen molar-refractivity contribution in [2.24, 2.45) is 0 Å². The Labute approximate surface area is 110 Å². The van der Waals surface area contributed by atoms with Crippen LogP contribution in [0.4, 0.5) is 0 Å². The zero-order chi connectivity index (χ0) is 13.1. The highest BCUT2D eigenvalue weighted by atomic mass is 16.5. The molecule has 0 saturated carbocycles. The Morgan fingerprint density at radius 1 is 1.28 bits per heavy atom. The number of hydrogen-bond acceptors (Lipinski definition) is 4. The summed E-state index contributed by atoms with van der Waals surface area (Å²) in [5, 5.41) is 6.15.